The van der Waals surface area contributed by atoms with E-state index in [1.165, 1.54) is 4.68 Å². The number of pyridine rings is 1. The molecule has 2 aromatic carbocycles. The monoisotopic (exact) mass is 452 g/mol. The summed E-state index contributed by atoms with van der Waals surface area (Å²) < 4.78 is 43.5. The molecule has 32 heavy (non-hydrogen) atoms. The Morgan fingerprint density at radius 1 is 1.00 bits per heavy atom. The van der Waals surface area contributed by atoms with E-state index in [1.807, 2.05) is 31.2 Å². The normalized spacial score (nSPS) is 11.9. The summed E-state index contributed by atoms with van der Waals surface area (Å²) in [7, 11) is 0. The first kappa shape index (κ1) is 20.1. The highest BCUT2D eigenvalue weighted by Gasteiger charge is 2.36. The smallest absolute Gasteiger partial charge is 0.397 e. The molecule has 6 nitrogen and oxygen atoms in total. The van der Waals surface area contributed by atoms with E-state index >= 15 is 0 Å². The zero-order valence-corrected chi connectivity index (χ0v) is 17.4. The number of benzene rings is 2. The lowest BCUT2D eigenvalue weighted by Gasteiger charge is -2.11. The van der Waals surface area contributed by atoms with Crippen LogP contribution in [0, 0.1) is 6.92 Å². The molecule has 0 radical (unpaired) electrons. The summed E-state index contributed by atoms with van der Waals surface area (Å²) in [6, 6.07) is 17.2. The van der Waals surface area contributed by atoms with Gasteiger partial charge in [-0.2, -0.15) is 17.9 Å². The number of hydrogen-bond acceptors (Lipinski definition) is 6. The van der Waals surface area contributed by atoms with E-state index in [0.717, 1.165) is 23.0 Å². The largest absolute Gasteiger partial charge is 0.417 e. The standard InChI is InChI=1S/C22H15F3N6S/c1-12-7-9-14(10-8-12)31-20(28-29-30-31)19-18(26)17-15(22(23,24)25)11-16(27-21(17)32-19)13-5-3-2-4-6-13/h2-11H,26H2,1H3. The van der Waals surface area contributed by atoms with Gasteiger partial charge in [-0.05, 0) is 35.5 Å². The van der Waals surface area contributed by atoms with Crippen molar-refractivity contribution in [2.75, 3.05) is 5.73 Å². The van der Waals surface area contributed by atoms with Crippen molar-refractivity contribution < 1.29 is 13.2 Å². The van der Waals surface area contributed by atoms with Crippen LogP contribution in [-0.2, 0) is 6.18 Å². The lowest BCUT2D eigenvalue weighted by molar-refractivity contribution is -0.136. The number of aromatic nitrogens is 5. The third-order valence-corrected chi connectivity index (χ3v) is 6.12. The van der Waals surface area contributed by atoms with E-state index in [0.29, 0.717) is 16.1 Å². The summed E-state index contributed by atoms with van der Waals surface area (Å²) >= 11 is 1.03. The van der Waals surface area contributed by atoms with Gasteiger partial charge < -0.3 is 5.73 Å². The van der Waals surface area contributed by atoms with Crippen LogP contribution in [0.15, 0.2) is 60.7 Å². The lowest BCUT2D eigenvalue weighted by Crippen LogP contribution is -2.07. The molecule has 160 valence electrons. The van der Waals surface area contributed by atoms with Crippen LogP contribution < -0.4 is 5.73 Å². The predicted molar refractivity (Wildman–Crippen MR) is 117 cm³/mol. The molecule has 0 saturated heterocycles. The van der Waals surface area contributed by atoms with Crippen molar-refractivity contribution in [1.82, 2.24) is 25.2 Å². The fraction of sp³-hybridized carbons (Fsp3) is 0.0909. The van der Waals surface area contributed by atoms with Crippen LogP contribution in [0.25, 0.3) is 37.9 Å². The molecule has 3 heterocycles. The highest BCUT2D eigenvalue weighted by molar-refractivity contribution is 7.22. The molecule has 0 unspecified atom stereocenters. The Morgan fingerprint density at radius 3 is 2.41 bits per heavy atom. The van der Waals surface area contributed by atoms with Crippen molar-refractivity contribution in [3.8, 4) is 27.6 Å². The average Bonchev–Trinajstić information content (AvgIpc) is 3.38. The van der Waals surface area contributed by atoms with Gasteiger partial charge in [0.25, 0.3) is 0 Å². The molecule has 0 fully saturated rings. The second-order valence-corrected chi connectivity index (χ2v) is 8.19. The molecule has 0 spiro atoms. The number of hydrogen-bond donors (Lipinski definition) is 1. The summed E-state index contributed by atoms with van der Waals surface area (Å²) in [6.45, 7) is 1.95. The maximum Gasteiger partial charge on any atom is 0.417 e. The maximum atomic E-state index is 14.0. The lowest BCUT2D eigenvalue weighted by atomic mass is 10.1. The minimum atomic E-state index is -4.61. The summed E-state index contributed by atoms with van der Waals surface area (Å²) in [4.78, 5) is 4.98. The Bertz CT molecular complexity index is 1420. The first-order valence-corrected chi connectivity index (χ1v) is 10.4. The van der Waals surface area contributed by atoms with Gasteiger partial charge in [0.05, 0.1) is 27.5 Å². The van der Waals surface area contributed by atoms with Gasteiger partial charge in [-0.3, -0.25) is 0 Å². The van der Waals surface area contributed by atoms with Crippen molar-refractivity contribution in [3.63, 3.8) is 0 Å². The predicted octanol–water partition coefficient (Wildman–Crippen LogP) is 5.52. The Balaban J connectivity index is 1.75. The zero-order chi connectivity index (χ0) is 22.5. The van der Waals surface area contributed by atoms with Crippen LogP contribution in [-0.4, -0.2) is 25.2 Å². The Hall–Kier alpha value is -3.79. The van der Waals surface area contributed by atoms with E-state index in [2.05, 4.69) is 20.5 Å². The molecule has 10 heteroatoms. The summed E-state index contributed by atoms with van der Waals surface area (Å²) in [5, 5.41) is 11.6. The Labute approximate surface area is 184 Å². The summed E-state index contributed by atoms with van der Waals surface area (Å²) in [5.74, 6) is 0.253. The first-order valence-electron chi connectivity index (χ1n) is 9.54. The van der Waals surface area contributed by atoms with Gasteiger partial charge in [-0.15, -0.1) is 16.4 Å². The van der Waals surface area contributed by atoms with E-state index < -0.39 is 11.7 Å². The van der Waals surface area contributed by atoms with Gasteiger partial charge >= 0.3 is 6.18 Å². The second-order valence-electron chi connectivity index (χ2n) is 7.19. The van der Waals surface area contributed by atoms with E-state index in [9.17, 15) is 13.2 Å². The van der Waals surface area contributed by atoms with Crippen LogP contribution in [0.5, 0.6) is 0 Å². The van der Waals surface area contributed by atoms with E-state index in [-0.39, 0.29) is 27.4 Å². The molecule has 0 amide bonds. The number of nitrogens with two attached hydrogens (primary N) is 1. The molecule has 0 saturated carbocycles. The number of aryl methyl sites for hydroxylation is 1. The number of anilines is 1. The molecule has 0 bridgehead atoms. The SMILES string of the molecule is Cc1ccc(-n2nnnc2-c2sc3nc(-c4ccccc4)cc(C(F)(F)F)c3c2N)cc1. The van der Waals surface area contributed by atoms with Gasteiger partial charge in [-0.1, -0.05) is 48.0 Å². The van der Waals surface area contributed by atoms with E-state index in [1.54, 1.807) is 30.3 Å². The summed E-state index contributed by atoms with van der Waals surface area (Å²) in [5.41, 5.74) is 7.88. The van der Waals surface area contributed by atoms with Gasteiger partial charge in [0.2, 0.25) is 0 Å². The fourth-order valence-electron chi connectivity index (χ4n) is 3.46. The number of thiophene rings is 1. The maximum absolute atomic E-state index is 14.0. The number of halogens is 3. The van der Waals surface area contributed by atoms with Gasteiger partial charge in [0.1, 0.15) is 4.83 Å². The Kier molecular flexibility index (Phi) is 4.66. The topological polar surface area (TPSA) is 82.5 Å². The third kappa shape index (κ3) is 3.38. The minimum absolute atomic E-state index is 0.0485. The second kappa shape index (κ2) is 7.41. The molecule has 5 rings (SSSR count). The van der Waals surface area contributed by atoms with Crippen LogP contribution in [0.1, 0.15) is 11.1 Å². The summed E-state index contributed by atoms with van der Waals surface area (Å²) in [6.07, 6.45) is -4.61. The van der Waals surface area contributed by atoms with Gasteiger partial charge in [0, 0.05) is 10.9 Å². The minimum Gasteiger partial charge on any atom is -0.397 e. The number of fused-ring (bicyclic) bond motifs is 1. The molecule has 0 aliphatic rings. The van der Waals surface area contributed by atoms with Crippen LogP contribution >= 0.6 is 11.3 Å². The van der Waals surface area contributed by atoms with Crippen molar-refractivity contribution >= 4 is 27.2 Å². The Morgan fingerprint density at radius 2 is 1.72 bits per heavy atom. The van der Waals surface area contributed by atoms with Crippen molar-refractivity contribution in [2.45, 2.75) is 13.1 Å². The quantitative estimate of drug-likeness (QED) is 0.390. The highest BCUT2D eigenvalue weighted by Crippen LogP contribution is 2.46. The first-order chi connectivity index (χ1) is 15.3. The molecule has 0 aliphatic carbocycles. The molecule has 2 N–H and O–H groups in total. The highest BCUT2D eigenvalue weighted by atomic mass is 32.1. The van der Waals surface area contributed by atoms with E-state index in [4.69, 9.17) is 5.73 Å². The average molecular weight is 452 g/mol. The molecular weight excluding hydrogens is 437 g/mol. The number of tetrazole rings is 1. The molecule has 5 aromatic rings. The molecule has 0 aliphatic heterocycles. The number of nitrogens with zero attached hydrogens (tertiary/aromatic N) is 5. The van der Waals surface area contributed by atoms with Crippen LogP contribution in [0.3, 0.4) is 0 Å². The zero-order valence-electron chi connectivity index (χ0n) is 16.6. The van der Waals surface area contributed by atoms with Crippen molar-refractivity contribution in [3.05, 3.63) is 71.8 Å². The van der Waals surface area contributed by atoms with Crippen molar-refractivity contribution in [1.29, 1.82) is 0 Å². The van der Waals surface area contributed by atoms with Gasteiger partial charge in [0.15, 0.2) is 5.82 Å². The van der Waals surface area contributed by atoms with Crippen LogP contribution in [0.4, 0.5) is 18.9 Å². The molecule has 0 atom stereocenters. The third-order valence-electron chi connectivity index (χ3n) is 5.03. The molecule has 3 aromatic heterocycles. The van der Waals surface area contributed by atoms with Crippen LogP contribution in [0.2, 0.25) is 0 Å². The number of nitrogen functional groups attached to an aromatic ring is 1. The number of alkyl halides is 3. The van der Waals surface area contributed by atoms with Crippen molar-refractivity contribution in [2.24, 2.45) is 0 Å². The van der Waals surface area contributed by atoms with Gasteiger partial charge in [-0.25, -0.2) is 4.98 Å². The fourth-order valence-corrected chi connectivity index (χ4v) is 4.55. The number of rotatable bonds is 3. The molecular formula is C22H15F3N6S.